The number of aromatic nitrogens is 1. The number of rotatable bonds is 5. The predicted molar refractivity (Wildman–Crippen MR) is 109 cm³/mol. The number of furan rings is 1. The molecule has 0 bridgehead atoms. The molecule has 0 saturated carbocycles. The molecule has 5 nitrogen and oxygen atoms in total. The minimum Gasteiger partial charge on any atom is -0.459 e. The Bertz CT molecular complexity index is 793. The fourth-order valence-electron chi connectivity index (χ4n) is 2.60. The van der Waals surface area contributed by atoms with Crippen LogP contribution in [0.3, 0.4) is 0 Å². The van der Waals surface area contributed by atoms with Crippen LogP contribution >= 0.6 is 24.0 Å². The van der Waals surface area contributed by atoms with E-state index in [1.807, 2.05) is 30.3 Å². The summed E-state index contributed by atoms with van der Waals surface area (Å²) in [6, 6.07) is 12.2. The van der Waals surface area contributed by atoms with E-state index >= 15 is 0 Å². The van der Waals surface area contributed by atoms with Gasteiger partial charge in [-0.15, -0.1) is 24.0 Å². The fourth-order valence-corrected chi connectivity index (χ4v) is 2.60. The summed E-state index contributed by atoms with van der Waals surface area (Å²) in [5.74, 6) is 1.72. The Kier molecular flexibility index (Phi) is 6.72. The Morgan fingerprint density at radius 1 is 1.12 bits per heavy atom. The molecule has 6 heteroatoms. The molecular formula is C18H23IN4O. The number of para-hydroxylation sites is 1. The second-order valence-corrected chi connectivity index (χ2v) is 5.42. The molecule has 0 aliphatic rings. The van der Waals surface area contributed by atoms with Crippen LogP contribution in [0, 0.1) is 6.92 Å². The molecule has 0 fully saturated rings. The highest BCUT2D eigenvalue weighted by molar-refractivity contribution is 14.0. The Morgan fingerprint density at radius 3 is 2.58 bits per heavy atom. The van der Waals surface area contributed by atoms with Crippen LogP contribution in [-0.2, 0) is 13.1 Å². The van der Waals surface area contributed by atoms with Gasteiger partial charge >= 0.3 is 0 Å². The van der Waals surface area contributed by atoms with E-state index in [1.165, 1.54) is 10.9 Å². The van der Waals surface area contributed by atoms with Crippen LogP contribution in [-0.4, -0.2) is 24.1 Å². The van der Waals surface area contributed by atoms with Gasteiger partial charge in [0.05, 0.1) is 6.54 Å². The molecule has 0 saturated heterocycles. The highest BCUT2D eigenvalue weighted by atomic mass is 127. The number of hydrogen-bond acceptors (Lipinski definition) is 2. The summed E-state index contributed by atoms with van der Waals surface area (Å²) in [4.78, 5) is 4.25. The van der Waals surface area contributed by atoms with Gasteiger partial charge in [0, 0.05) is 43.5 Å². The van der Waals surface area contributed by atoms with Crippen LogP contribution in [0.2, 0.25) is 0 Å². The number of aliphatic imine (C=N–C) groups is 1. The van der Waals surface area contributed by atoms with E-state index in [0.29, 0.717) is 6.54 Å². The molecule has 0 radical (unpaired) electrons. The first kappa shape index (κ1) is 18.4. The van der Waals surface area contributed by atoms with Gasteiger partial charge in [-0.05, 0) is 25.1 Å². The molecule has 0 aliphatic heterocycles. The minimum absolute atomic E-state index is 0. The largest absolute Gasteiger partial charge is 0.459 e. The highest BCUT2D eigenvalue weighted by Crippen LogP contribution is 2.24. The van der Waals surface area contributed by atoms with E-state index in [2.05, 4.69) is 45.6 Å². The maximum Gasteiger partial charge on any atom is 0.191 e. The van der Waals surface area contributed by atoms with Gasteiger partial charge in [-0.1, -0.05) is 18.2 Å². The Hall–Kier alpha value is -1.96. The van der Waals surface area contributed by atoms with Crippen molar-refractivity contribution < 1.29 is 4.42 Å². The first-order chi connectivity index (χ1) is 11.3. The first-order valence-corrected chi connectivity index (χ1v) is 7.80. The molecule has 3 aromatic rings. The lowest BCUT2D eigenvalue weighted by Gasteiger charge is -2.11. The fraction of sp³-hybridized carbons (Fsp3) is 0.278. The molecule has 2 heterocycles. The standard InChI is InChI=1S/C18H22N4O.HI/c1-14-15-7-3-4-8-16(15)23-17(14)13-21-18(19-2)20-9-12-22-10-5-6-11-22;/h3-8,10-11H,9,12-13H2,1-2H3,(H2,19,20,21);1H. The summed E-state index contributed by atoms with van der Waals surface area (Å²) in [6.45, 7) is 4.42. The van der Waals surface area contributed by atoms with Crippen molar-refractivity contribution >= 4 is 40.9 Å². The molecule has 0 unspecified atom stereocenters. The SMILES string of the molecule is CN=C(NCCn1cccc1)NCc1oc2ccccc2c1C.I. The summed E-state index contributed by atoms with van der Waals surface area (Å²) >= 11 is 0. The van der Waals surface area contributed by atoms with Crippen molar-refractivity contribution in [2.24, 2.45) is 4.99 Å². The number of fused-ring (bicyclic) bond motifs is 1. The predicted octanol–water partition coefficient (Wildman–Crippen LogP) is 3.53. The summed E-state index contributed by atoms with van der Waals surface area (Å²) in [5, 5.41) is 7.78. The van der Waals surface area contributed by atoms with Gasteiger partial charge in [-0.2, -0.15) is 0 Å². The molecule has 1 aromatic carbocycles. The average Bonchev–Trinajstić information content (AvgIpc) is 3.19. The third-order valence-corrected chi connectivity index (χ3v) is 3.91. The van der Waals surface area contributed by atoms with Gasteiger partial charge in [0.1, 0.15) is 11.3 Å². The van der Waals surface area contributed by atoms with Crippen LogP contribution < -0.4 is 10.6 Å². The Morgan fingerprint density at radius 2 is 1.88 bits per heavy atom. The lowest BCUT2D eigenvalue weighted by molar-refractivity contribution is 0.534. The van der Waals surface area contributed by atoms with Gasteiger partial charge < -0.3 is 19.6 Å². The third-order valence-electron chi connectivity index (χ3n) is 3.91. The van der Waals surface area contributed by atoms with E-state index in [4.69, 9.17) is 4.42 Å². The second kappa shape index (κ2) is 8.77. The maximum atomic E-state index is 5.91. The molecule has 0 atom stereocenters. The third kappa shape index (κ3) is 4.31. The monoisotopic (exact) mass is 438 g/mol. The normalized spacial score (nSPS) is 11.3. The number of guanidine groups is 1. The minimum atomic E-state index is 0. The van der Waals surface area contributed by atoms with E-state index < -0.39 is 0 Å². The van der Waals surface area contributed by atoms with Crippen molar-refractivity contribution in [2.75, 3.05) is 13.6 Å². The van der Waals surface area contributed by atoms with Crippen molar-refractivity contribution in [3.63, 3.8) is 0 Å². The molecule has 3 rings (SSSR count). The molecular weight excluding hydrogens is 415 g/mol. The van der Waals surface area contributed by atoms with Crippen LogP contribution in [0.15, 0.2) is 58.2 Å². The zero-order chi connectivity index (χ0) is 16.1. The molecule has 0 amide bonds. The Labute approximate surface area is 159 Å². The molecule has 0 aliphatic carbocycles. The molecule has 0 spiro atoms. The van der Waals surface area contributed by atoms with Crippen LogP contribution in [0.4, 0.5) is 0 Å². The van der Waals surface area contributed by atoms with Crippen molar-refractivity contribution in [3.8, 4) is 0 Å². The van der Waals surface area contributed by atoms with Gasteiger partial charge in [-0.3, -0.25) is 4.99 Å². The molecule has 2 N–H and O–H groups in total. The van der Waals surface area contributed by atoms with Gasteiger partial charge in [0.25, 0.3) is 0 Å². The Balaban J connectivity index is 0.00000208. The van der Waals surface area contributed by atoms with Crippen molar-refractivity contribution in [3.05, 3.63) is 60.1 Å². The number of halogens is 1. The summed E-state index contributed by atoms with van der Waals surface area (Å²) in [7, 11) is 1.77. The number of hydrogen-bond donors (Lipinski definition) is 2. The highest BCUT2D eigenvalue weighted by Gasteiger charge is 2.10. The van der Waals surface area contributed by atoms with Crippen molar-refractivity contribution in [1.82, 2.24) is 15.2 Å². The first-order valence-electron chi connectivity index (χ1n) is 7.80. The van der Waals surface area contributed by atoms with E-state index in [0.717, 1.165) is 30.4 Å². The summed E-state index contributed by atoms with van der Waals surface area (Å²) in [6.07, 6.45) is 4.10. The number of benzene rings is 1. The molecule has 24 heavy (non-hydrogen) atoms. The summed E-state index contributed by atoms with van der Waals surface area (Å²) < 4.78 is 8.04. The summed E-state index contributed by atoms with van der Waals surface area (Å²) in [5.41, 5.74) is 2.10. The molecule has 2 aromatic heterocycles. The van der Waals surface area contributed by atoms with Gasteiger partial charge in [0.15, 0.2) is 5.96 Å². The second-order valence-electron chi connectivity index (χ2n) is 5.42. The van der Waals surface area contributed by atoms with E-state index in [9.17, 15) is 0 Å². The quantitative estimate of drug-likeness (QED) is 0.364. The lowest BCUT2D eigenvalue weighted by Crippen LogP contribution is -2.38. The number of aryl methyl sites for hydroxylation is 1. The smallest absolute Gasteiger partial charge is 0.191 e. The van der Waals surface area contributed by atoms with E-state index in [-0.39, 0.29) is 24.0 Å². The van der Waals surface area contributed by atoms with Crippen LogP contribution in [0.25, 0.3) is 11.0 Å². The number of nitrogens with zero attached hydrogens (tertiary/aromatic N) is 2. The van der Waals surface area contributed by atoms with Crippen molar-refractivity contribution in [1.29, 1.82) is 0 Å². The van der Waals surface area contributed by atoms with Crippen molar-refractivity contribution in [2.45, 2.75) is 20.0 Å². The average molecular weight is 438 g/mol. The van der Waals surface area contributed by atoms with Crippen LogP contribution in [0.5, 0.6) is 0 Å². The molecule has 128 valence electrons. The zero-order valence-electron chi connectivity index (χ0n) is 14.0. The van der Waals surface area contributed by atoms with E-state index in [1.54, 1.807) is 7.05 Å². The lowest BCUT2D eigenvalue weighted by atomic mass is 10.1. The zero-order valence-corrected chi connectivity index (χ0v) is 16.3. The van der Waals surface area contributed by atoms with Gasteiger partial charge in [0.2, 0.25) is 0 Å². The number of nitrogens with one attached hydrogen (secondary N) is 2. The topological polar surface area (TPSA) is 54.5 Å². The van der Waals surface area contributed by atoms with Crippen LogP contribution in [0.1, 0.15) is 11.3 Å². The maximum absolute atomic E-state index is 5.91. The van der Waals surface area contributed by atoms with Gasteiger partial charge in [-0.25, -0.2) is 0 Å².